The zero-order valence-corrected chi connectivity index (χ0v) is 14.6. The number of aliphatic carboxylic acids is 1. The third-order valence-electron chi connectivity index (χ3n) is 4.82. The summed E-state index contributed by atoms with van der Waals surface area (Å²) in [5, 5.41) is 10.7. The molecule has 0 radical (unpaired) electrons. The second kappa shape index (κ2) is 6.12. The third-order valence-corrected chi connectivity index (χ3v) is 5.10. The summed E-state index contributed by atoms with van der Waals surface area (Å²) in [6.45, 7) is 2.05. The van der Waals surface area contributed by atoms with E-state index in [1.807, 2.05) is 31.3 Å². The Balaban J connectivity index is 1.76. The number of H-pyrrole nitrogens is 1. The Morgan fingerprint density at radius 3 is 2.88 bits per heavy atom. The van der Waals surface area contributed by atoms with Crippen LogP contribution in [0.4, 0.5) is 0 Å². The van der Waals surface area contributed by atoms with E-state index in [4.69, 9.17) is 21.4 Å². The number of aryl methyl sites for hydroxylation is 1. The summed E-state index contributed by atoms with van der Waals surface area (Å²) >= 11 is 6.45. The highest BCUT2D eigenvalue weighted by atomic mass is 35.5. The van der Waals surface area contributed by atoms with Crippen molar-refractivity contribution < 1.29 is 14.6 Å². The molecule has 25 heavy (non-hydrogen) atoms. The van der Waals surface area contributed by atoms with Gasteiger partial charge in [-0.1, -0.05) is 11.6 Å². The monoisotopic (exact) mass is 355 g/mol. The van der Waals surface area contributed by atoms with Gasteiger partial charge < -0.3 is 14.8 Å². The Morgan fingerprint density at radius 2 is 2.08 bits per heavy atom. The van der Waals surface area contributed by atoms with Crippen LogP contribution in [-0.4, -0.2) is 16.1 Å². The van der Waals surface area contributed by atoms with Crippen molar-refractivity contribution in [2.75, 3.05) is 0 Å². The molecule has 0 spiro atoms. The molecule has 4 nitrogen and oxygen atoms in total. The first-order valence-electron chi connectivity index (χ1n) is 8.33. The standard InChI is InChI=1S/C20H18ClNO3/c1-11-10-22-18-6-5-13(9-16(11)18)25-20-15-4-2-3-14(15)12(7-17(20)21)8-19(23)24/h5-7,9-10,22H,2-4,8H2,1H3,(H,23,24). The molecule has 4 rings (SSSR count). The van der Waals surface area contributed by atoms with Gasteiger partial charge in [0, 0.05) is 17.1 Å². The number of ether oxygens (including phenoxy) is 1. The quantitative estimate of drug-likeness (QED) is 0.689. The Bertz CT molecular complexity index is 990. The van der Waals surface area contributed by atoms with Gasteiger partial charge in [-0.3, -0.25) is 4.79 Å². The van der Waals surface area contributed by atoms with Gasteiger partial charge in [0.2, 0.25) is 0 Å². The van der Waals surface area contributed by atoms with Gasteiger partial charge in [0.15, 0.2) is 0 Å². The molecular weight excluding hydrogens is 338 g/mol. The van der Waals surface area contributed by atoms with Crippen LogP contribution >= 0.6 is 11.6 Å². The fourth-order valence-electron chi connectivity index (χ4n) is 3.65. The van der Waals surface area contributed by atoms with E-state index in [0.717, 1.165) is 58.2 Å². The molecule has 0 saturated heterocycles. The van der Waals surface area contributed by atoms with E-state index in [1.165, 1.54) is 0 Å². The van der Waals surface area contributed by atoms with E-state index < -0.39 is 5.97 Å². The lowest BCUT2D eigenvalue weighted by Gasteiger charge is -2.15. The van der Waals surface area contributed by atoms with Crippen LogP contribution in [0.2, 0.25) is 5.02 Å². The number of carbonyl (C=O) groups is 1. The van der Waals surface area contributed by atoms with Gasteiger partial charge in [-0.25, -0.2) is 0 Å². The van der Waals surface area contributed by atoms with E-state index in [2.05, 4.69) is 4.98 Å². The van der Waals surface area contributed by atoms with Gasteiger partial charge in [-0.2, -0.15) is 0 Å². The van der Waals surface area contributed by atoms with Crippen molar-refractivity contribution in [2.24, 2.45) is 0 Å². The molecule has 0 aliphatic heterocycles. The number of carboxylic acid groups (broad SMARTS) is 1. The molecule has 0 fully saturated rings. The summed E-state index contributed by atoms with van der Waals surface area (Å²) in [5.74, 6) is 0.556. The molecule has 1 aliphatic rings. The molecule has 0 saturated carbocycles. The molecule has 0 unspecified atom stereocenters. The minimum Gasteiger partial charge on any atom is -0.481 e. The number of hydrogen-bond donors (Lipinski definition) is 2. The fraction of sp³-hybridized carbons (Fsp3) is 0.250. The molecule has 0 bridgehead atoms. The molecule has 0 atom stereocenters. The first kappa shape index (κ1) is 16.0. The highest BCUT2D eigenvalue weighted by molar-refractivity contribution is 6.32. The van der Waals surface area contributed by atoms with Crippen molar-refractivity contribution >= 4 is 28.5 Å². The molecule has 128 valence electrons. The maximum Gasteiger partial charge on any atom is 0.307 e. The van der Waals surface area contributed by atoms with Gasteiger partial charge in [-0.15, -0.1) is 0 Å². The van der Waals surface area contributed by atoms with Crippen molar-refractivity contribution in [3.8, 4) is 11.5 Å². The topological polar surface area (TPSA) is 62.3 Å². The maximum absolute atomic E-state index is 11.1. The predicted octanol–water partition coefficient (Wildman–Crippen LogP) is 5.04. The van der Waals surface area contributed by atoms with Crippen LogP contribution in [0.15, 0.2) is 30.5 Å². The van der Waals surface area contributed by atoms with Crippen molar-refractivity contribution in [3.05, 3.63) is 57.7 Å². The smallest absolute Gasteiger partial charge is 0.307 e. The van der Waals surface area contributed by atoms with Gasteiger partial charge in [0.1, 0.15) is 11.5 Å². The van der Waals surface area contributed by atoms with E-state index in [9.17, 15) is 4.79 Å². The molecule has 1 aromatic heterocycles. The lowest BCUT2D eigenvalue weighted by molar-refractivity contribution is -0.136. The largest absolute Gasteiger partial charge is 0.481 e. The number of aromatic amines is 1. The van der Waals surface area contributed by atoms with Crippen LogP contribution in [0.25, 0.3) is 10.9 Å². The van der Waals surface area contributed by atoms with Crippen LogP contribution in [0.3, 0.4) is 0 Å². The summed E-state index contributed by atoms with van der Waals surface area (Å²) in [6, 6.07) is 7.66. The van der Waals surface area contributed by atoms with Crippen LogP contribution < -0.4 is 4.74 Å². The molecule has 2 aromatic carbocycles. The Kier molecular flexibility index (Phi) is 3.92. The fourth-order valence-corrected chi connectivity index (χ4v) is 3.93. The van der Waals surface area contributed by atoms with Crippen LogP contribution in [0.1, 0.15) is 28.7 Å². The SMILES string of the molecule is Cc1c[nH]c2ccc(Oc3c(Cl)cc(CC(=O)O)c4c3CCC4)cc12. The summed E-state index contributed by atoms with van der Waals surface area (Å²) in [7, 11) is 0. The number of carboxylic acids is 1. The molecule has 5 heteroatoms. The normalized spacial score (nSPS) is 13.2. The van der Waals surface area contributed by atoms with Crippen LogP contribution in [-0.2, 0) is 24.1 Å². The Morgan fingerprint density at radius 1 is 1.28 bits per heavy atom. The van der Waals surface area contributed by atoms with Crippen molar-refractivity contribution in [2.45, 2.75) is 32.6 Å². The van der Waals surface area contributed by atoms with Gasteiger partial charge in [-0.05, 0) is 72.7 Å². The minimum atomic E-state index is -0.841. The Labute approximate surface area is 150 Å². The number of halogens is 1. The number of benzene rings is 2. The van der Waals surface area contributed by atoms with E-state index in [-0.39, 0.29) is 6.42 Å². The first-order valence-corrected chi connectivity index (χ1v) is 8.71. The first-order chi connectivity index (χ1) is 12.0. The number of aromatic nitrogens is 1. The highest BCUT2D eigenvalue weighted by Gasteiger charge is 2.24. The van der Waals surface area contributed by atoms with Gasteiger partial charge >= 0.3 is 5.97 Å². The molecule has 0 amide bonds. The highest BCUT2D eigenvalue weighted by Crippen LogP contribution is 2.42. The summed E-state index contributed by atoms with van der Waals surface area (Å²) in [6.07, 6.45) is 4.70. The van der Waals surface area contributed by atoms with Gasteiger partial charge in [0.25, 0.3) is 0 Å². The van der Waals surface area contributed by atoms with E-state index >= 15 is 0 Å². The lowest BCUT2D eigenvalue weighted by atomic mass is 10.00. The van der Waals surface area contributed by atoms with Crippen molar-refractivity contribution in [3.63, 3.8) is 0 Å². The number of rotatable bonds is 4. The average molecular weight is 356 g/mol. The van der Waals surface area contributed by atoms with E-state index in [0.29, 0.717) is 10.8 Å². The Hall–Kier alpha value is -2.46. The zero-order chi connectivity index (χ0) is 17.6. The maximum atomic E-state index is 11.1. The van der Waals surface area contributed by atoms with Crippen molar-refractivity contribution in [1.82, 2.24) is 4.98 Å². The van der Waals surface area contributed by atoms with E-state index in [1.54, 1.807) is 6.07 Å². The summed E-state index contributed by atoms with van der Waals surface area (Å²) < 4.78 is 6.15. The molecule has 3 aromatic rings. The van der Waals surface area contributed by atoms with Crippen LogP contribution in [0.5, 0.6) is 11.5 Å². The molecular formula is C20H18ClNO3. The number of hydrogen-bond acceptors (Lipinski definition) is 2. The average Bonchev–Trinajstić information content (AvgIpc) is 3.18. The predicted molar refractivity (Wildman–Crippen MR) is 97.9 cm³/mol. The summed E-state index contributed by atoms with van der Waals surface area (Å²) in [4.78, 5) is 14.3. The lowest BCUT2D eigenvalue weighted by Crippen LogP contribution is -2.05. The minimum absolute atomic E-state index is 0.00314. The second-order valence-electron chi connectivity index (χ2n) is 6.51. The molecule has 1 aliphatic carbocycles. The van der Waals surface area contributed by atoms with Crippen molar-refractivity contribution in [1.29, 1.82) is 0 Å². The molecule has 1 heterocycles. The second-order valence-corrected chi connectivity index (χ2v) is 6.92. The third kappa shape index (κ3) is 2.87. The van der Waals surface area contributed by atoms with Crippen LogP contribution in [0, 0.1) is 6.92 Å². The summed E-state index contributed by atoms with van der Waals surface area (Å²) in [5.41, 5.74) is 5.16. The zero-order valence-electron chi connectivity index (χ0n) is 13.9. The molecule has 2 N–H and O–H groups in total. The number of fused-ring (bicyclic) bond motifs is 2. The number of nitrogens with one attached hydrogen (secondary N) is 1. The van der Waals surface area contributed by atoms with Gasteiger partial charge in [0.05, 0.1) is 11.4 Å².